The molecule has 0 unspecified atom stereocenters. The van der Waals surface area contributed by atoms with Crippen LogP contribution in [0.25, 0.3) is 6.08 Å². The fourth-order valence-corrected chi connectivity index (χ4v) is 5.12. The number of nitrogens with zero attached hydrogens (tertiary/aromatic N) is 4. The Bertz CT molecular complexity index is 1240. The van der Waals surface area contributed by atoms with Crippen molar-refractivity contribution in [3.63, 3.8) is 0 Å². The zero-order valence-corrected chi connectivity index (χ0v) is 19.5. The largest absolute Gasteiger partial charge is 0.334 e. The molecule has 0 radical (unpaired) electrons. The number of rotatable bonds is 5. The SMILES string of the molecule is CCN1C(=O)C(=O)N(CC(=O)N2N=C3/C(=C\c4ccccc4)CCC[C@@H]3[C@@H]2c2ccccc2)C1=O. The molecule has 2 aromatic rings. The van der Waals surface area contributed by atoms with Crippen molar-refractivity contribution in [2.75, 3.05) is 13.1 Å². The molecule has 0 spiro atoms. The van der Waals surface area contributed by atoms with Crippen LogP contribution in [0.15, 0.2) is 71.3 Å². The Morgan fingerprint density at radius 1 is 0.971 bits per heavy atom. The highest BCUT2D eigenvalue weighted by Crippen LogP contribution is 2.44. The van der Waals surface area contributed by atoms with E-state index in [9.17, 15) is 19.2 Å². The van der Waals surface area contributed by atoms with Crippen LogP contribution in [0.5, 0.6) is 0 Å². The molecule has 0 bridgehead atoms. The molecule has 8 nitrogen and oxygen atoms in total. The maximum Gasteiger partial charge on any atom is 0.334 e. The standard InChI is InChI=1S/C27H26N4O4/c1-2-29-25(33)26(34)30(27(29)35)17-22(32)31-24(19-12-7-4-8-13-19)21-15-9-14-20(23(21)28-31)16-18-10-5-3-6-11-18/h3-8,10-13,16,21,24H,2,9,14-15,17H2,1H3/b20-16-/t21-,24-/m0/s1. The van der Waals surface area contributed by atoms with E-state index in [2.05, 4.69) is 6.08 Å². The van der Waals surface area contributed by atoms with Crippen molar-refractivity contribution in [1.29, 1.82) is 0 Å². The predicted molar refractivity (Wildman–Crippen MR) is 130 cm³/mol. The Morgan fingerprint density at radius 2 is 1.63 bits per heavy atom. The Hall–Kier alpha value is -4.07. The number of fused-ring (bicyclic) bond motifs is 1. The molecule has 2 aromatic carbocycles. The first kappa shape index (κ1) is 22.7. The number of imide groups is 2. The van der Waals surface area contributed by atoms with Crippen molar-refractivity contribution in [3.05, 3.63) is 77.4 Å². The Labute approximate surface area is 203 Å². The minimum atomic E-state index is -0.976. The lowest BCUT2D eigenvalue weighted by Gasteiger charge is -2.30. The highest BCUT2D eigenvalue weighted by Gasteiger charge is 2.48. The fraction of sp³-hybridized carbons (Fsp3) is 0.296. The highest BCUT2D eigenvalue weighted by atomic mass is 16.2. The number of carbonyl (C=O) groups is 4. The Kier molecular flexibility index (Phi) is 6.03. The summed E-state index contributed by atoms with van der Waals surface area (Å²) in [5.41, 5.74) is 3.96. The number of hydrazone groups is 1. The number of hydrogen-bond acceptors (Lipinski definition) is 5. The smallest absolute Gasteiger partial charge is 0.271 e. The lowest BCUT2D eigenvalue weighted by Crippen LogP contribution is -2.42. The number of amides is 5. The third kappa shape index (κ3) is 4.05. The van der Waals surface area contributed by atoms with Gasteiger partial charge in [-0.25, -0.2) is 14.7 Å². The predicted octanol–water partition coefficient (Wildman–Crippen LogP) is 3.62. The van der Waals surface area contributed by atoms with E-state index in [4.69, 9.17) is 5.10 Å². The van der Waals surface area contributed by atoms with Gasteiger partial charge in [0.05, 0.1) is 11.8 Å². The van der Waals surface area contributed by atoms with Gasteiger partial charge < -0.3 is 0 Å². The lowest BCUT2D eigenvalue weighted by atomic mass is 9.77. The van der Waals surface area contributed by atoms with Gasteiger partial charge in [0.25, 0.3) is 5.91 Å². The number of carbonyl (C=O) groups excluding carboxylic acids is 4. The second kappa shape index (κ2) is 9.29. The summed E-state index contributed by atoms with van der Waals surface area (Å²) in [6.07, 6.45) is 4.82. The number of allylic oxidation sites excluding steroid dienone is 1. The van der Waals surface area contributed by atoms with Gasteiger partial charge in [0.2, 0.25) is 0 Å². The molecule has 2 aliphatic heterocycles. The third-order valence-electron chi connectivity index (χ3n) is 6.78. The fourth-order valence-electron chi connectivity index (χ4n) is 5.12. The molecular weight excluding hydrogens is 444 g/mol. The molecule has 0 N–H and O–H groups in total. The molecule has 2 heterocycles. The number of hydrogen-bond donors (Lipinski definition) is 0. The monoisotopic (exact) mass is 470 g/mol. The maximum atomic E-state index is 13.5. The van der Waals surface area contributed by atoms with E-state index in [1.54, 1.807) is 6.92 Å². The van der Waals surface area contributed by atoms with Gasteiger partial charge in [-0.15, -0.1) is 0 Å². The second-order valence-electron chi connectivity index (χ2n) is 8.88. The maximum absolute atomic E-state index is 13.5. The molecule has 35 heavy (non-hydrogen) atoms. The van der Waals surface area contributed by atoms with Crippen LogP contribution in [-0.2, 0) is 14.4 Å². The number of benzene rings is 2. The van der Waals surface area contributed by atoms with Gasteiger partial charge in [-0.05, 0) is 49.0 Å². The van der Waals surface area contributed by atoms with Crippen LogP contribution < -0.4 is 0 Å². The van der Waals surface area contributed by atoms with Gasteiger partial charge in [0.1, 0.15) is 6.54 Å². The van der Waals surface area contributed by atoms with Gasteiger partial charge in [-0.1, -0.05) is 60.7 Å². The molecule has 2 fully saturated rings. The van der Waals surface area contributed by atoms with Crippen molar-refractivity contribution in [2.45, 2.75) is 32.2 Å². The van der Waals surface area contributed by atoms with E-state index in [0.29, 0.717) is 0 Å². The van der Waals surface area contributed by atoms with Gasteiger partial charge >= 0.3 is 17.8 Å². The average molecular weight is 471 g/mol. The molecule has 5 rings (SSSR count). The first-order valence-electron chi connectivity index (χ1n) is 11.9. The van der Waals surface area contributed by atoms with Crippen LogP contribution in [0.1, 0.15) is 43.4 Å². The van der Waals surface area contributed by atoms with Gasteiger partial charge in [0.15, 0.2) is 0 Å². The van der Waals surface area contributed by atoms with E-state index in [0.717, 1.165) is 51.5 Å². The molecule has 8 heteroatoms. The lowest BCUT2D eigenvalue weighted by molar-refractivity contribution is -0.145. The molecule has 1 saturated carbocycles. The topological polar surface area (TPSA) is 90.4 Å². The minimum absolute atomic E-state index is 0.00353. The van der Waals surface area contributed by atoms with Crippen molar-refractivity contribution in [1.82, 2.24) is 14.8 Å². The van der Waals surface area contributed by atoms with Crippen LogP contribution >= 0.6 is 0 Å². The molecular formula is C27H26N4O4. The normalized spacial score (nSPS) is 23.2. The minimum Gasteiger partial charge on any atom is -0.271 e. The van der Waals surface area contributed by atoms with E-state index < -0.39 is 30.3 Å². The summed E-state index contributed by atoms with van der Waals surface area (Å²) < 4.78 is 0. The summed E-state index contributed by atoms with van der Waals surface area (Å²) in [5, 5.41) is 6.20. The number of urea groups is 1. The molecule has 1 saturated heterocycles. The van der Waals surface area contributed by atoms with Crippen molar-refractivity contribution < 1.29 is 19.2 Å². The summed E-state index contributed by atoms with van der Waals surface area (Å²) in [6.45, 7) is 1.16. The first-order valence-corrected chi connectivity index (χ1v) is 11.9. The van der Waals surface area contributed by atoms with Gasteiger partial charge in [-0.3, -0.25) is 19.3 Å². The summed E-state index contributed by atoms with van der Waals surface area (Å²) in [5.74, 6) is -2.37. The molecule has 1 aliphatic carbocycles. The molecule has 5 amide bonds. The molecule has 3 aliphatic rings. The van der Waals surface area contributed by atoms with Crippen molar-refractivity contribution in [2.24, 2.45) is 11.0 Å². The van der Waals surface area contributed by atoms with Gasteiger partial charge in [0, 0.05) is 12.5 Å². The summed E-state index contributed by atoms with van der Waals surface area (Å²) in [6, 6.07) is 18.6. The zero-order chi connectivity index (χ0) is 24.5. The third-order valence-corrected chi connectivity index (χ3v) is 6.78. The molecule has 0 aromatic heterocycles. The molecule has 2 atom stereocenters. The molecule has 178 valence electrons. The van der Waals surface area contributed by atoms with E-state index in [1.807, 2.05) is 60.7 Å². The van der Waals surface area contributed by atoms with Crippen molar-refractivity contribution >= 4 is 35.5 Å². The zero-order valence-electron chi connectivity index (χ0n) is 19.5. The summed E-state index contributed by atoms with van der Waals surface area (Å²) >= 11 is 0. The van der Waals surface area contributed by atoms with Crippen LogP contribution in [0, 0.1) is 5.92 Å². The van der Waals surface area contributed by atoms with Gasteiger partial charge in [-0.2, -0.15) is 5.10 Å². The van der Waals surface area contributed by atoms with E-state index >= 15 is 0 Å². The number of likely N-dealkylation sites (N-methyl/N-ethyl adjacent to an activating group) is 1. The first-order chi connectivity index (χ1) is 17.0. The average Bonchev–Trinajstić information content (AvgIpc) is 3.37. The Balaban J connectivity index is 1.49. The van der Waals surface area contributed by atoms with Crippen LogP contribution in [0.3, 0.4) is 0 Å². The van der Waals surface area contributed by atoms with Crippen LogP contribution in [-0.4, -0.2) is 57.4 Å². The highest BCUT2D eigenvalue weighted by molar-refractivity contribution is 6.45. The van der Waals surface area contributed by atoms with Crippen LogP contribution in [0.4, 0.5) is 4.79 Å². The van der Waals surface area contributed by atoms with Crippen LogP contribution in [0.2, 0.25) is 0 Å². The van der Waals surface area contributed by atoms with E-state index in [-0.39, 0.29) is 18.5 Å². The Morgan fingerprint density at radius 3 is 2.29 bits per heavy atom. The summed E-state index contributed by atoms with van der Waals surface area (Å²) in [4.78, 5) is 52.2. The second-order valence-corrected chi connectivity index (χ2v) is 8.88. The van der Waals surface area contributed by atoms with Crippen molar-refractivity contribution in [3.8, 4) is 0 Å². The van der Waals surface area contributed by atoms with E-state index in [1.165, 1.54) is 5.01 Å². The summed E-state index contributed by atoms with van der Waals surface area (Å²) in [7, 11) is 0. The quantitative estimate of drug-likeness (QED) is 0.493.